The highest BCUT2D eigenvalue weighted by molar-refractivity contribution is 6.07. The number of hydrogen-bond donors (Lipinski definition) is 1. The molecule has 32 heavy (non-hydrogen) atoms. The van der Waals surface area contributed by atoms with E-state index in [9.17, 15) is 9.59 Å². The van der Waals surface area contributed by atoms with Gasteiger partial charge in [-0.25, -0.2) is 9.69 Å². The molecule has 8 heteroatoms. The first-order valence-electron chi connectivity index (χ1n) is 11.2. The monoisotopic (exact) mass is 439 g/mol. The van der Waals surface area contributed by atoms with E-state index in [0.717, 1.165) is 49.7 Å². The van der Waals surface area contributed by atoms with Crippen molar-refractivity contribution in [3.8, 4) is 0 Å². The van der Waals surface area contributed by atoms with E-state index in [4.69, 9.17) is 4.52 Å². The first-order valence-corrected chi connectivity index (χ1v) is 11.2. The molecule has 172 valence electrons. The van der Waals surface area contributed by atoms with Gasteiger partial charge in [-0.2, -0.15) is 0 Å². The number of nitrogens with zero attached hydrogens (tertiary/aromatic N) is 4. The van der Waals surface area contributed by atoms with Gasteiger partial charge in [0.25, 0.3) is 5.91 Å². The number of urea groups is 1. The maximum Gasteiger partial charge on any atom is 0.326 e. The van der Waals surface area contributed by atoms with Crippen molar-refractivity contribution in [2.24, 2.45) is 0 Å². The molecule has 1 atom stereocenters. The maximum absolute atomic E-state index is 13.3. The molecule has 2 aliphatic heterocycles. The normalized spacial score (nSPS) is 23.1. The van der Waals surface area contributed by atoms with E-state index in [-0.39, 0.29) is 17.4 Å². The summed E-state index contributed by atoms with van der Waals surface area (Å²) in [6, 6.07) is 9.60. The van der Waals surface area contributed by atoms with E-state index >= 15 is 0 Å². The molecule has 1 unspecified atom stereocenters. The molecule has 1 aromatic carbocycles. The molecule has 2 saturated heterocycles. The van der Waals surface area contributed by atoms with Gasteiger partial charge in [-0.3, -0.25) is 14.6 Å². The first-order chi connectivity index (χ1) is 15.1. The molecule has 0 saturated carbocycles. The number of carbonyl (C=O) groups is 2. The van der Waals surface area contributed by atoms with Crippen LogP contribution in [0.5, 0.6) is 0 Å². The van der Waals surface area contributed by atoms with Crippen LogP contribution in [0.3, 0.4) is 0 Å². The highest BCUT2D eigenvalue weighted by Crippen LogP contribution is 2.31. The van der Waals surface area contributed by atoms with Crippen LogP contribution >= 0.6 is 0 Å². The first kappa shape index (κ1) is 22.5. The Morgan fingerprint density at radius 3 is 2.25 bits per heavy atom. The standard InChI is InChI=1S/C24H33N5O3/c1-17-14-20(32-26-17)15-27-10-12-28(13-11-27)16-29-21(30)24(5,25-22(29)31)19-8-6-18(7-9-19)23(2,3)4/h6-9,14H,10-13,15-16H2,1-5H3,(H,25,31). The summed E-state index contributed by atoms with van der Waals surface area (Å²) in [6.07, 6.45) is 0. The fourth-order valence-corrected chi connectivity index (χ4v) is 4.32. The van der Waals surface area contributed by atoms with E-state index in [1.165, 1.54) is 10.5 Å². The second kappa shape index (κ2) is 8.33. The highest BCUT2D eigenvalue weighted by Gasteiger charge is 2.49. The molecular formula is C24H33N5O3. The molecule has 0 bridgehead atoms. The molecule has 8 nitrogen and oxygen atoms in total. The minimum Gasteiger partial charge on any atom is -0.360 e. The van der Waals surface area contributed by atoms with Crippen molar-refractivity contribution in [2.45, 2.75) is 52.1 Å². The van der Waals surface area contributed by atoms with Gasteiger partial charge in [0.1, 0.15) is 5.54 Å². The van der Waals surface area contributed by atoms with Gasteiger partial charge in [0.05, 0.1) is 18.9 Å². The molecule has 1 aromatic heterocycles. The van der Waals surface area contributed by atoms with Crippen LogP contribution in [-0.2, 0) is 22.3 Å². The minimum atomic E-state index is -1.04. The van der Waals surface area contributed by atoms with Gasteiger partial charge >= 0.3 is 6.03 Å². The van der Waals surface area contributed by atoms with E-state index in [1.807, 2.05) is 37.3 Å². The number of hydrogen-bond acceptors (Lipinski definition) is 6. The van der Waals surface area contributed by atoms with E-state index in [0.29, 0.717) is 6.67 Å². The quantitative estimate of drug-likeness (QED) is 0.722. The molecular weight excluding hydrogens is 406 g/mol. The zero-order valence-corrected chi connectivity index (χ0v) is 19.6. The molecule has 0 spiro atoms. The average molecular weight is 440 g/mol. The fourth-order valence-electron chi connectivity index (χ4n) is 4.32. The summed E-state index contributed by atoms with van der Waals surface area (Å²) >= 11 is 0. The summed E-state index contributed by atoms with van der Waals surface area (Å²) in [5.41, 5.74) is 1.87. The van der Waals surface area contributed by atoms with Crippen LogP contribution in [0.25, 0.3) is 0 Å². The van der Waals surface area contributed by atoms with Crippen LogP contribution in [0.15, 0.2) is 34.9 Å². The summed E-state index contributed by atoms with van der Waals surface area (Å²) < 4.78 is 5.31. The van der Waals surface area contributed by atoms with Gasteiger partial charge < -0.3 is 9.84 Å². The van der Waals surface area contributed by atoms with Gasteiger partial charge in [0.15, 0.2) is 5.76 Å². The largest absolute Gasteiger partial charge is 0.360 e. The van der Waals surface area contributed by atoms with Crippen LogP contribution in [0.2, 0.25) is 0 Å². The number of imide groups is 1. The SMILES string of the molecule is Cc1cc(CN2CCN(CN3C(=O)NC(C)(c4ccc(C(C)(C)C)cc4)C3=O)CC2)on1. The van der Waals surface area contributed by atoms with Crippen molar-refractivity contribution < 1.29 is 14.1 Å². The number of nitrogens with one attached hydrogen (secondary N) is 1. The van der Waals surface area contributed by atoms with Crippen LogP contribution in [0.1, 0.15) is 50.3 Å². The third-order valence-electron chi connectivity index (χ3n) is 6.47. The topological polar surface area (TPSA) is 81.9 Å². The Kier molecular flexibility index (Phi) is 5.85. The average Bonchev–Trinajstić information content (AvgIpc) is 3.25. The Morgan fingerprint density at radius 1 is 1.06 bits per heavy atom. The van der Waals surface area contributed by atoms with Crippen LogP contribution in [0, 0.1) is 6.92 Å². The number of piperazine rings is 1. The molecule has 0 aliphatic carbocycles. The number of aromatic nitrogens is 1. The van der Waals surface area contributed by atoms with Crippen LogP contribution < -0.4 is 5.32 Å². The Bertz CT molecular complexity index is 986. The summed E-state index contributed by atoms with van der Waals surface area (Å²) in [5.74, 6) is 0.656. The smallest absolute Gasteiger partial charge is 0.326 e. The lowest BCUT2D eigenvalue weighted by molar-refractivity contribution is -0.132. The molecule has 4 rings (SSSR count). The third kappa shape index (κ3) is 4.42. The predicted molar refractivity (Wildman–Crippen MR) is 121 cm³/mol. The molecule has 2 fully saturated rings. The molecule has 1 N–H and O–H groups in total. The van der Waals surface area contributed by atoms with Gasteiger partial charge in [-0.1, -0.05) is 50.2 Å². The number of aryl methyl sites for hydroxylation is 1. The summed E-state index contributed by atoms with van der Waals surface area (Å²) in [4.78, 5) is 31.8. The van der Waals surface area contributed by atoms with Crippen molar-refractivity contribution in [3.05, 3.63) is 52.9 Å². The predicted octanol–water partition coefficient (Wildman–Crippen LogP) is 2.82. The Hall–Kier alpha value is -2.71. The second-order valence-corrected chi connectivity index (χ2v) is 10.1. The second-order valence-electron chi connectivity index (χ2n) is 10.1. The number of amides is 3. The van der Waals surface area contributed by atoms with E-state index in [1.54, 1.807) is 6.92 Å². The Morgan fingerprint density at radius 2 is 1.69 bits per heavy atom. The fraction of sp³-hybridized carbons (Fsp3) is 0.542. The molecule has 0 radical (unpaired) electrons. The number of benzene rings is 1. The van der Waals surface area contributed by atoms with Crippen molar-refractivity contribution in [1.29, 1.82) is 0 Å². The molecule has 3 heterocycles. The Balaban J connectivity index is 1.37. The van der Waals surface area contributed by atoms with Crippen molar-refractivity contribution in [1.82, 2.24) is 25.2 Å². The summed E-state index contributed by atoms with van der Waals surface area (Å²) in [5, 5.41) is 6.86. The molecule has 3 amide bonds. The lowest BCUT2D eigenvalue weighted by atomic mass is 9.84. The van der Waals surface area contributed by atoms with E-state index < -0.39 is 5.54 Å². The van der Waals surface area contributed by atoms with Gasteiger partial charge in [-0.15, -0.1) is 0 Å². The van der Waals surface area contributed by atoms with Crippen molar-refractivity contribution in [3.63, 3.8) is 0 Å². The lowest BCUT2D eigenvalue weighted by Gasteiger charge is -2.35. The van der Waals surface area contributed by atoms with Crippen molar-refractivity contribution in [2.75, 3.05) is 32.8 Å². The highest BCUT2D eigenvalue weighted by atomic mass is 16.5. The van der Waals surface area contributed by atoms with Crippen molar-refractivity contribution >= 4 is 11.9 Å². The summed E-state index contributed by atoms with van der Waals surface area (Å²) in [6.45, 7) is 14.4. The van der Waals surface area contributed by atoms with E-state index in [2.05, 4.69) is 41.0 Å². The Labute approximate surface area is 189 Å². The van der Waals surface area contributed by atoms with Crippen LogP contribution in [-0.4, -0.2) is 64.6 Å². The zero-order chi connectivity index (χ0) is 23.1. The summed E-state index contributed by atoms with van der Waals surface area (Å²) in [7, 11) is 0. The zero-order valence-electron chi connectivity index (χ0n) is 19.6. The van der Waals surface area contributed by atoms with Gasteiger partial charge in [-0.05, 0) is 30.4 Å². The van der Waals surface area contributed by atoms with Gasteiger partial charge in [0.2, 0.25) is 0 Å². The lowest BCUT2D eigenvalue weighted by Crippen LogP contribution is -2.51. The van der Waals surface area contributed by atoms with Crippen LogP contribution in [0.4, 0.5) is 4.79 Å². The minimum absolute atomic E-state index is 0.0306. The third-order valence-corrected chi connectivity index (χ3v) is 6.47. The maximum atomic E-state index is 13.3. The number of rotatable bonds is 5. The van der Waals surface area contributed by atoms with Gasteiger partial charge in [0, 0.05) is 32.2 Å². The number of carbonyl (C=O) groups excluding carboxylic acids is 2. The molecule has 2 aliphatic rings. The molecule has 2 aromatic rings.